The van der Waals surface area contributed by atoms with Crippen molar-refractivity contribution in [1.29, 1.82) is 0 Å². The van der Waals surface area contributed by atoms with Crippen LogP contribution >= 0.6 is 11.8 Å². The van der Waals surface area contributed by atoms with E-state index in [1.807, 2.05) is 73.7 Å². The maximum Gasteiger partial charge on any atom is 0.175 e. The fraction of sp³-hybridized carbons (Fsp3) is 0.130. The predicted molar refractivity (Wildman–Crippen MR) is 111 cm³/mol. The SMILES string of the molecule is CC(Sc1nc2ccccc2n1Cc1ccccc1)C(=O)c1ccccc1. The van der Waals surface area contributed by atoms with Gasteiger partial charge in [0.05, 0.1) is 22.8 Å². The van der Waals surface area contributed by atoms with Crippen LogP contribution in [-0.4, -0.2) is 20.6 Å². The molecule has 0 fully saturated rings. The van der Waals surface area contributed by atoms with Crippen molar-refractivity contribution < 1.29 is 4.79 Å². The van der Waals surface area contributed by atoms with Crippen molar-refractivity contribution in [1.82, 2.24) is 9.55 Å². The Morgan fingerprint density at radius 2 is 1.56 bits per heavy atom. The van der Waals surface area contributed by atoms with E-state index in [9.17, 15) is 4.79 Å². The molecule has 0 N–H and O–H groups in total. The second-order valence-electron chi connectivity index (χ2n) is 6.45. The Kier molecular flexibility index (Phi) is 5.07. The zero-order chi connectivity index (χ0) is 18.6. The van der Waals surface area contributed by atoms with Gasteiger partial charge >= 0.3 is 0 Å². The van der Waals surface area contributed by atoms with Crippen LogP contribution < -0.4 is 0 Å². The molecule has 0 spiro atoms. The number of carbonyl (C=O) groups excluding carboxylic acids is 1. The second kappa shape index (κ2) is 7.80. The smallest absolute Gasteiger partial charge is 0.175 e. The van der Waals surface area contributed by atoms with Gasteiger partial charge in [-0.3, -0.25) is 4.79 Å². The van der Waals surface area contributed by atoms with Gasteiger partial charge in [-0.25, -0.2) is 4.98 Å². The fourth-order valence-electron chi connectivity index (χ4n) is 3.11. The number of thioether (sulfide) groups is 1. The summed E-state index contributed by atoms with van der Waals surface area (Å²) in [5.74, 6) is 0.124. The number of fused-ring (bicyclic) bond motifs is 1. The summed E-state index contributed by atoms with van der Waals surface area (Å²) in [7, 11) is 0. The van der Waals surface area contributed by atoms with Crippen molar-refractivity contribution in [3.63, 3.8) is 0 Å². The number of hydrogen-bond donors (Lipinski definition) is 0. The Morgan fingerprint density at radius 1 is 0.926 bits per heavy atom. The minimum absolute atomic E-state index is 0.124. The van der Waals surface area contributed by atoms with Gasteiger partial charge in [0, 0.05) is 5.56 Å². The molecule has 27 heavy (non-hydrogen) atoms. The van der Waals surface area contributed by atoms with Crippen LogP contribution in [0.4, 0.5) is 0 Å². The Morgan fingerprint density at radius 3 is 2.30 bits per heavy atom. The van der Waals surface area contributed by atoms with Crippen molar-refractivity contribution in [2.75, 3.05) is 0 Å². The highest BCUT2D eigenvalue weighted by Crippen LogP contribution is 2.29. The van der Waals surface area contributed by atoms with Crippen LogP contribution in [0.25, 0.3) is 11.0 Å². The summed E-state index contributed by atoms with van der Waals surface area (Å²) < 4.78 is 2.20. The van der Waals surface area contributed by atoms with Gasteiger partial charge in [-0.1, -0.05) is 84.6 Å². The monoisotopic (exact) mass is 372 g/mol. The minimum atomic E-state index is -0.210. The van der Waals surface area contributed by atoms with E-state index in [2.05, 4.69) is 22.8 Å². The minimum Gasteiger partial charge on any atom is -0.314 e. The van der Waals surface area contributed by atoms with Gasteiger partial charge in [-0.2, -0.15) is 0 Å². The lowest BCUT2D eigenvalue weighted by molar-refractivity contribution is 0.0994. The summed E-state index contributed by atoms with van der Waals surface area (Å²) >= 11 is 1.52. The van der Waals surface area contributed by atoms with Gasteiger partial charge in [0.1, 0.15) is 0 Å². The molecule has 0 radical (unpaired) electrons. The van der Waals surface area contributed by atoms with E-state index >= 15 is 0 Å². The number of rotatable bonds is 6. The number of carbonyl (C=O) groups is 1. The number of hydrogen-bond acceptors (Lipinski definition) is 3. The van der Waals surface area contributed by atoms with Gasteiger partial charge < -0.3 is 4.57 Å². The first-order valence-corrected chi connectivity index (χ1v) is 9.85. The summed E-state index contributed by atoms with van der Waals surface area (Å²) in [6.45, 7) is 2.68. The van der Waals surface area contributed by atoms with Gasteiger partial charge in [0.2, 0.25) is 0 Å². The number of ketones is 1. The van der Waals surface area contributed by atoms with Crippen LogP contribution in [0.5, 0.6) is 0 Å². The quantitative estimate of drug-likeness (QED) is 0.333. The summed E-state index contributed by atoms with van der Waals surface area (Å²) in [6, 6.07) is 27.9. The second-order valence-corrected chi connectivity index (χ2v) is 7.75. The number of nitrogens with zero attached hydrogens (tertiary/aromatic N) is 2. The van der Waals surface area contributed by atoms with E-state index in [4.69, 9.17) is 4.98 Å². The van der Waals surface area contributed by atoms with Crippen molar-refractivity contribution >= 4 is 28.6 Å². The van der Waals surface area contributed by atoms with Gasteiger partial charge in [0.15, 0.2) is 10.9 Å². The number of para-hydroxylation sites is 2. The van der Waals surface area contributed by atoms with Gasteiger partial charge in [0.25, 0.3) is 0 Å². The summed E-state index contributed by atoms with van der Waals surface area (Å²) in [4.78, 5) is 17.6. The third kappa shape index (κ3) is 3.81. The highest BCUT2D eigenvalue weighted by Gasteiger charge is 2.20. The van der Waals surface area contributed by atoms with Crippen molar-refractivity contribution in [2.45, 2.75) is 23.9 Å². The summed E-state index contributed by atoms with van der Waals surface area (Å²) in [6.07, 6.45) is 0. The lowest BCUT2D eigenvalue weighted by Gasteiger charge is -2.13. The van der Waals surface area contributed by atoms with Crippen LogP contribution in [0.1, 0.15) is 22.8 Å². The van der Waals surface area contributed by atoms with Crippen LogP contribution in [0.2, 0.25) is 0 Å². The van der Waals surface area contributed by atoms with E-state index in [-0.39, 0.29) is 11.0 Å². The molecule has 1 unspecified atom stereocenters. The van der Waals surface area contributed by atoms with Crippen molar-refractivity contribution in [3.05, 3.63) is 96.1 Å². The average Bonchev–Trinajstić information content (AvgIpc) is 3.06. The summed E-state index contributed by atoms with van der Waals surface area (Å²) in [5, 5.41) is 0.663. The first kappa shape index (κ1) is 17.6. The molecule has 1 heterocycles. The average molecular weight is 372 g/mol. The molecule has 0 saturated carbocycles. The fourth-order valence-corrected chi connectivity index (χ4v) is 4.11. The molecule has 4 rings (SSSR count). The molecule has 1 atom stereocenters. The van der Waals surface area contributed by atoms with Gasteiger partial charge in [-0.05, 0) is 24.6 Å². The maximum absolute atomic E-state index is 12.8. The molecule has 134 valence electrons. The lowest BCUT2D eigenvalue weighted by atomic mass is 10.1. The van der Waals surface area contributed by atoms with Crippen LogP contribution in [-0.2, 0) is 6.54 Å². The molecule has 0 aliphatic heterocycles. The first-order valence-electron chi connectivity index (χ1n) is 8.97. The molecule has 0 bridgehead atoms. The molecule has 4 aromatic rings. The van der Waals surface area contributed by atoms with Crippen LogP contribution in [0.3, 0.4) is 0 Å². The molecule has 0 saturated heterocycles. The van der Waals surface area contributed by atoms with Crippen LogP contribution in [0, 0.1) is 0 Å². The molecule has 3 nitrogen and oxygen atoms in total. The zero-order valence-corrected chi connectivity index (χ0v) is 15.9. The molecular formula is C23H20N2OS. The van der Waals surface area contributed by atoms with Crippen LogP contribution in [0.15, 0.2) is 90.1 Å². The summed E-state index contributed by atoms with van der Waals surface area (Å²) in [5.41, 5.74) is 3.99. The third-order valence-electron chi connectivity index (χ3n) is 4.51. The number of Topliss-reactive ketones (excluding diaryl/α,β-unsaturated/α-hetero) is 1. The molecule has 3 aromatic carbocycles. The van der Waals surface area contributed by atoms with E-state index < -0.39 is 0 Å². The molecule has 4 heteroatoms. The Labute approximate surface area is 163 Å². The van der Waals surface area contributed by atoms with Crippen molar-refractivity contribution in [2.24, 2.45) is 0 Å². The van der Waals surface area contributed by atoms with E-state index in [1.165, 1.54) is 17.3 Å². The van der Waals surface area contributed by atoms with Crippen molar-refractivity contribution in [3.8, 4) is 0 Å². The Bertz CT molecular complexity index is 1060. The van der Waals surface area contributed by atoms with Gasteiger partial charge in [-0.15, -0.1) is 0 Å². The van der Waals surface area contributed by atoms with E-state index in [0.29, 0.717) is 0 Å². The predicted octanol–water partition coefficient (Wildman–Crippen LogP) is 5.45. The molecular weight excluding hydrogens is 352 g/mol. The maximum atomic E-state index is 12.8. The molecule has 0 aliphatic carbocycles. The molecule has 1 aromatic heterocycles. The zero-order valence-electron chi connectivity index (χ0n) is 15.1. The number of imidazole rings is 1. The Balaban J connectivity index is 1.66. The van der Waals surface area contributed by atoms with E-state index in [0.717, 1.165) is 28.3 Å². The highest BCUT2D eigenvalue weighted by molar-refractivity contribution is 8.00. The lowest BCUT2D eigenvalue weighted by Crippen LogP contribution is -2.14. The number of aromatic nitrogens is 2. The molecule has 0 aliphatic rings. The largest absolute Gasteiger partial charge is 0.314 e. The number of benzene rings is 3. The molecule has 0 amide bonds. The normalized spacial score (nSPS) is 12.2. The van der Waals surface area contributed by atoms with E-state index in [1.54, 1.807) is 0 Å². The Hall–Kier alpha value is -2.85. The standard InChI is InChI=1S/C23H20N2OS/c1-17(22(26)19-12-6-3-7-13-19)27-23-24-20-14-8-9-15-21(20)25(23)16-18-10-4-2-5-11-18/h2-15,17H,16H2,1H3. The topological polar surface area (TPSA) is 34.9 Å². The third-order valence-corrected chi connectivity index (χ3v) is 5.60. The highest BCUT2D eigenvalue weighted by atomic mass is 32.2. The first-order chi connectivity index (χ1) is 13.2.